The highest BCUT2D eigenvalue weighted by Gasteiger charge is 2.25. The van der Waals surface area contributed by atoms with Crippen LogP contribution < -0.4 is 5.32 Å². The average molecular weight is 351 g/mol. The minimum atomic E-state index is -1.40. The molecule has 0 fully saturated rings. The molecular formula is C18H16F3NO3. The molecule has 2 N–H and O–H groups in total. The third-order valence-corrected chi connectivity index (χ3v) is 3.85. The summed E-state index contributed by atoms with van der Waals surface area (Å²) in [4.78, 5) is 23.4. The molecule has 1 atom stereocenters. The highest BCUT2D eigenvalue weighted by molar-refractivity contribution is 5.97. The number of carboxylic acids is 1. The summed E-state index contributed by atoms with van der Waals surface area (Å²) in [6, 6.07) is 4.62. The first-order chi connectivity index (χ1) is 11.7. The second-order valence-electron chi connectivity index (χ2n) is 5.73. The Morgan fingerprint density at radius 3 is 2.16 bits per heavy atom. The minimum Gasteiger partial charge on any atom is -0.480 e. The number of aliphatic carboxylic acids is 1. The molecule has 2 aromatic rings. The maximum atomic E-state index is 13.6. The summed E-state index contributed by atoms with van der Waals surface area (Å²) in [5, 5.41) is 11.4. The summed E-state index contributed by atoms with van der Waals surface area (Å²) in [7, 11) is 0. The van der Waals surface area contributed by atoms with E-state index in [1.54, 1.807) is 12.1 Å². The first-order valence-electron chi connectivity index (χ1n) is 7.43. The maximum absolute atomic E-state index is 13.6. The fourth-order valence-electron chi connectivity index (χ4n) is 2.36. The molecule has 7 heteroatoms. The molecule has 0 bridgehead atoms. The maximum Gasteiger partial charge on any atom is 0.326 e. The Kier molecular flexibility index (Phi) is 5.46. The van der Waals surface area contributed by atoms with E-state index >= 15 is 0 Å². The highest BCUT2D eigenvalue weighted by Crippen LogP contribution is 2.16. The fourth-order valence-corrected chi connectivity index (χ4v) is 2.36. The van der Waals surface area contributed by atoms with Gasteiger partial charge in [0.15, 0.2) is 0 Å². The van der Waals surface area contributed by atoms with Crippen LogP contribution >= 0.6 is 0 Å². The molecule has 0 spiro atoms. The van der Waals surface area contributed by atoms with Gasteiger partial charge in [-0.1, -0.05) is 18.2 Å². The molecule has 2 aromatic carbocycles. The van der Waals surface area contributed by atoms with Crippen molar-refractivity contribution in [2.45, 2.75) is 26.3 Å². The lowest BCUT2D eigenvalue weighted by atomic mass is 10.0. The average Bonchev–Trinajstić information content (AvgIpc) is 2.49. The topological polar surface area (TPSA) is 66.4 Å². The standard InChI is InChI=1S/C18H16F3NO3/c1-9-3-4-11(5-10(9)2)6-15(18(24)25)22-17(23)16-13(20)7-12(19)8-14(16)21/h3-5,7-8,15H,6H2,1-2H3,(H,22,23)(H,24,25)/t15-/m0/s1. The zero-order valence-corrected chi connectivity index (χ0v) is 13.6. The van der Waals surface area contributed by atoms with E-state index in [1.165, 1.54) is 0 Å². The first kappa shape index (κ1) is 18.5. The van der Waals surface area contributed by atoms with E-state index in [0.29, 0.717) is 17.7 Å². The summed E-state index contributed by atoms with van der Waals surface area (Å²) in [5.74, 6) is -6.58. The molecule has 0 aromatic heterocycles. The molecule has 0 heterocycles. The lowest BCUT2D eigenvalue weighted by molar-refractivity contribution is -0.139. The summed E-state index contributed by atoms with van der Waals surface area (Å²) in [6.45, 7) is 3.76. The van der Waals surface area contributed by atoms with E-state index < -0.39 is 40.9 Å². The van der Waals surface area contributed by atoms with Gasteiger partial charge in [0.2, 0.25) is 0 Å². The zero-order chi connectivity index (χ0) is 18.7. The lowest BCUT2D eigenvalue weighted by Gasteiger charge is -2.16. The zero-order valence-electron chi connectivity index (χ0n) is 13.6. The third-order valence-electron chi connectivity index (χ3n) is 3.85. The highest BCUT2D eigenvalue weighted by atomic mass is 19.1. The van der Waals surface area contributed by atoms with Gasteiger partial charge in [-0.15, -0.1) is 0 Å². The van der Waals surface area contributed by atoms with Crippen LogP contribution in [0.25, 0.3) is 0 Å². The number of aryl methyl sites for hydroxylation is 2. The molecule has 1 amide bonds. The summed E-state index contributed by atoms with van der Waals surface area (Å²) < 4.78 is 40.2. The van der Waals surface area contributed by atoms with E-state index in [-0.39, 0.29) is 6.42 Å². The molecule has 0 aliphatic carbocycles. The largest absolute Gasteiger partial charge is 0.480 e. The second kappa shape index (κ2) is 7.38. The SMILES string of the molecule is Cc1ccc(C[C@H](NC(=O)c2c(F)cc(F)cc2F)C(=O)O)cc1C. The van der Waals surface area contributed by atoms with Gasteiger partial charge in [0.1, 0.15) is 29.1 Å². The molecule has 25 heavy (non-hydrogen) atoms. The van der Waals surface area contributed by atoms with Gasteiger partial charge in [-0.25, -0.2) is 18.0 Å². The summed E-state index contributed by atoms with van der Waals surface area (Å²) in [6.07, 6.45) is -0.0629. The van der Waals surface area contributed by atoms with Gasteiger partial charge in [0.05, 0.1) is 0 Å². The van der Waals surface area contributed by atoms with Crippen molar-refractivity contribution >= 4 is 11.9 Å². The van der Waals surface area contributed by atoms with Crippen molar-refractivity contribution in [3.05, 3.63) is 70.0 Å². The Morgan fingerprint density at radius 1 is 1.04 bits per heavy atom. The van der Waals surface area contributed by atoms with Crippen LogP contribution in [0.5, 0.6) is 0 Å². The van der Waals surface area contributed by atoms with Gasteiger partial charge in [0.25, 0.3) is 5.91 Å². The van der Waals surface area contributed by atoms with Crippen molar-refractivity contribution in [3.8, 4) is 0 Å². The first-order valence-corrected chi connectivity index (χ1v) is 7.43. The number of halogens is 3. The monoisotopic (exact) mass is 351 g/mol. The Morgan fingerprint density at radius 2 is 1.64 bits per heavy atom. The van der Waals surface area contributed by atoms with E-state index in [9.17, 15) is 27.9 Å². The number of benzene rings is 2. The van der Waals surface area contributed by atoms with Crippen LogP contribution in [0.15, 0.2) is 30.3 Å². The van der Waals surface area contributed by atoms with Crippen molar-refractivity contribution in [1.82, 2.24) is 5.32 Å². The van der Waals surface area contributed by atoms with Gasteiger partial charge in [0, 0.05) is 18.6 Å². The van der Waals surface area contributed by atoms with Crippen LogP contribution in [0.4, 0.5) is 13.2 Å². The molecule has 0 radical (unpaired) electrons. The number of amides is 1. The van der Waals surface area contributed by atoms with Crippen molar-refractivity contribution in [2.75, 3.05) is 0 Å². The minimum absolute atomic E-state index is 0.0629. The second-order valence-corrected chi connectivity index (χ2v) is 5.73. The molecule has 0 aliphatic heterocycles. The molecule has 0 unspecified atom stereocenters. The van der Waals surface area contributed by atoms with E-state index in [4.69, 9.17) is 0 Å². The lowest BCUT2D eigenvalue weighted by Crippen LogP contribution is -2.43. The molecule has 2 rings (SSSR count). The molecule has 0 aliphatic rings. The Hall–Kier alpha value is -2.83. The number of carbonyl (C=O) groups is 2. The van der Waals surface area contributed by atoms with Crippen molar-refractivity contribution in [1.29, 1.82) is 0 Å². The van der Waals surface area contributed by atoms with Gasteiger partial charge in [-0.05, 0) is 30.5 Å². The molecule has 0 saturated heterocycles. The number of hydrogen-bond acceptors (Lipinski definition) is 2. The van der Waals surface area contributed by atoms with Crippen molar-refractivity contribution in [3.63, 3.8) is 0 Å². The number of rotatable bonds is 5. The predicted octanol–water partition coefficient (Wildman–Crippen LogP) is 3.15. The third kappa shape index (κ3) is 4.37. The Bertz CT molecular complexity index is 813. The Labute approximate surface area is 142 Å². The summed E-state index contributed by atoms with van der Waals surface area (Å²) in [5.41, 5.74) is 1.60. The van der Waals surface area contributed by atoms with Crippen LogP contribution in [0.3, 0.4) is 0 Å². The summed E-state index contributed by atoms with van der Waals surface area (Å²) >= 11 is 0. The van der Waals surface area contributed by atoms with Gasteiger partial charge < -0.3 is 10.4 Å². The van der Waals surface area contributed by atoms with Gasteiger partial charge >= 0.3 is 5.97 Å². The number of carboxylic acid groups (broad SMARTS) is 1. The molecular weight excluding hydrogens is 335 g/mol. The van der Waals surface area contributed by atoms with Crippen LogP contribution in [-0.4, -0.2) is 23.0 Å². The van der Waals surface area contributed by atoms with Crippen molar-refractivity contribution < 1.29 is 27.9 Å². The van der Waals surface area contributed by atoms with Crippen molar-refractivity contribution in [2.24, 2.45) is 0 Å². The van der Waals surface area contributed by atoms with Crippen LogP contribution in [0.1, 0.15) is 27.0 Å². The normalized spacial score (nSPS) is 11.9. The van der Waals surface area contributed by atoms with Crippen LogP contribution in [0.2, 0.25) is 0 Å². The molecule has 0 saturated carbocycles. The van der Waals surface area contributed by atoms with Gasteiger partial charge in [-0.3, -0.25) is 4.79 Å². The number of nitrogens with one attached hydrogen (secondary N) is 1. The molecule has 4 nitrogen and oxygen atoms in total. The fraction of sp³-hybridized carbons (Fsp3) is 0.222. The molecule has 132 valence electrons. The number of carbonyl (C=O) groups excluding carboxylic acids is 1. The predicted molar refractivity (Wildman–Crippen MR) is 84.8 cm³/mol. The van der Waals surface area contributed by atoms with Crippen LogP contribution in [-0.2, 0) is 11.2 Å². The smallest absolute Gasteiger partial charge is 0.326 e. The quantitative estimate of drug-likeness (QED) is 0.870. The van der Waals surface area contributed by atoms with Crippen LogP contribution in [0, 0.1) is 31.3 Å². The Balaban J connectivity index is 2.23. The van der Waals surface area contributed by atoms with E-state index in [0.717, 1.165) is 11.1 Å². The van der Waals surface area contributed by atoms with E-state index in [2.05, 4.69) is 5.32 Å². The van der Waals surface area contributed by atoms with E-state index in [1.807, 2.05) is 19.9 Å². The number of hydrogen-bond donors (Lipinski definition) is 2. The van der Waals surface area contributed by atoms with Gasteiger partial charge in [-0.2, -0.15) is 0 Å².